The molecule has 1 heterocycles. The quantitative estimate of drug-likeness (QED) is 0.562. The lowest BCUT2D eigenvalue weighted by molar-refractivity contribution is -0.140. The van der Waals surface area contributed by atoms with E-state index in [1.54, 1.807) is 18.2 Å². The van der Waals surface area contributed by atoms with Crippen LogP contribution in [0.15, 0.2) is 59.1 Å². The minimum atomic E-state index is -4.88. The number of halogens is 4. The van der Waals surface area contributed by atoms with Crippen LogP contribution in [0.4, 0.5) is 17.6 Å². The molecule has 2 aromatic rings. The van der Waals surface area contributed by atoms with E-state index in [0.29, 0.717) is 17.7 Å². The standard InChI is InChI=1S/C21H19F4N3O3.C2H6/c1-11-5-3-4-6-13(11)18-27-20(31)17(29)16(28(18)2)19(30)26-10-12-7-8-15(22)14(9-12)21(23,24)25;1-2/h3-9,16,29,31H,10H2,1-2H3,(H,26,30);1-2H3. The molecule has 0 saturated carbocycles. The molecular weight excluding hydrogens is 442 g/mol. The molecule has 178 valence electrons. The molecule has 33 heavy (non-hydrogen) atoms. The Balaban J connectivity index is 0.00000187. The molecule has 1 atom stereocenters. The van der Waals surface area contributed by atoms with Crippen molar-refractivity contribution in [3.63, 3.8) is 0 Å². The summed E-state index contributed by atoms with van der Waals surface area (Å²) >= 11 is 0. The van der Waals surface area contributed by atoms with Gasteiger partial charge in [-0.25, -0.2) is 4.39 Å². The molecule has 0 aromatic heterocycles. The summed E-state index contributed by atoms with van der Waals surface area (Å²) in [7, 11) is 1.48. The predicted molar refractivity (Wildman–Crippen MR) is 116 cm³/mol. The molecule has 1 unspecified atom stereocenters. The fourth-order valence-electron chi connectivity index (χ4n) is 3.22. The molecule has 0 spiro atoms. The van der Waals surface area contributed by atoms with Crippen LogP contribution in [0, 0.1) is 12.7 Å². The molecule has 0 fully saturated rings. The van der Waals surface area contributed by atoms with E-state index in [1.807, 2.05) is 26.8 Å². The highest BCUT2D eigenvalue weighted by atomic mass is 19.4. The van der Waals surface area contributed by atoms with E-state index in [1.165, 1.54) is 11.9 Å². The van der Waals surface area contributed by atoms with Gasteiger partial charge >= 0.3 is 6.18 Å². The topological polar surface area (TPSA) is 85.2 Å². The number of benzene rings is 2. The summed E-state index contributed by atoms with van der Waals surface area (Å²) < 4.78 is 52.1. The highest BCUT2D eigenvalue weighted by Crippen LogP contribution is 2.32. The maximum atomic E-state index is 13.4. The van der Waals surface area contributed by atoms with Crippen LogP contribution < -0.4 is 5.32 Å². The Bertz CT molecular complexity index is 1080. The number of aliphatic hydroxyl groups excluding tert-OH is 2. The van der Waals surface area contributed by atoms with Gasteiger partial charge in [0.25, 0.3) is 11.8 Å². The lowest BCUT2D eigenvalue weighted by atomic mass is 10.0. The lowest BCUT2D eigenvalue weighted by Crippen LogP contribution is -2.51. The Morgan fingerprint density at radius 1 is 1.15 bits per heavy atom. The maximum absolute atomic E-state index is 13.4. The molecule has 0 saturated heterocycles. The summed E-state index contributed by atoms with van der Waals surface area (Å²) in [6, 6.07) is 8.11. The minimum Gasteiger partial charge on any atom is -0.505 e. The van der Waals surface area contributed by atoms with Crippen molar-refractivity contribution in [2.24, 2.45) is 4.99 Å². The van der Waals surface area contributed by atoms with Gasteiger partial charge in [0.2, 0.25) is 0 Å². The molecule has 3 N–H and O–H groups in total. The number of hydrogen-bond acceptors (Lipinski definition) is 5. The molecule has 6 nitrogen and oxygen atoms in total. The second-order valence-electron chi connectivity index (χ2n) is 7.00. The average Bonchev–Trinajstić information content (AvgIpc) is 2.77. The molecule has 1 aliphatic heterocycles. The number of aliphatic imine (C=N–C) groups is 1. The average molecular weight is 467 g/mol. The van der Waals surface area contributed by atoms with Crippen molar-refractivity contribution in [2.45, 2.75) is 39.5 Å². The Morgan fingerprint density at radius 2 is 1.79 bits per heavy atom. The van der Waals surface area contributed by atoms with Gasteiger partial charge in [-0.2, -0.15) is 18.2 Å². The van der Waals surface area contributed by atoms with Gasteiger partial charge in [0.15, 0.2) is 11.8 Å². The molecular formula is C23H25F4N3O3. The van der Waals surface area contributed by atoms with Gasteiger partial charge in [-0.05, 0) is 30.2 Å². The van der Waals surface area contributed by atoms with E-state index in [-0.39, 0.29) is 17.9 Å². The number of nitrogens with zero attached hydrogens (tertiary/aromatic N) is 2. The maximum Gasteiger partial charge on any atom is 0.419 e. The predicted octanol–water partition coefficient (Wildman–Crippen LogP) is 4.84. The zero-order chi connectivity index (χ0) is 24.9. The molecule has 0 aliphatic carbocycles. The first-order chi connectivity index (χ1) is 15.5. The van der Waals surface area contributed by atoms with Crippen LogP contribution in [0.25, 0.3) is 0 Å². The summed E-state index contributed by atoms with van der Waals surface area (Å²) in [5.74, 6) is -3.41. The Morgan fingerprint density at radius 3 is 2.39 bits per heavy atom. The number of aryl methyl sites for hydroxylation is 1. The van der Waals surface area contributed by atoms with Gasteiger partial charge in [-0.3, -0.25) is 4.79 Å². The van der Waals surface area contributed by atoms with Crippen LogP contribution in [-0.2, 0) is 17.5 Å². The largest absolute Gasteiger partial charge is 0.505 e. The van der Waals surface area contributed by atoms with Crippen LogP contribution >= 0.6 is 0 Å². The van der Waals surface area contributed by atoms with Crippen LogP contribution in [0.1, 0.15) is 36.1 Å². The third-order valence-corrected chi connectivity index (χ3v) is 4.86. The molecule has 2 aromatic carbocycles. The van der Waals surface area contributed by atoms with Crippen molar-refractivity contribution in [1.82, 2.24) is 10.2 Å². The highest BCUT2D eigenvalue weighted by molar-refractivity contribution is 6.04. The Hall–Kier alpha value is -3.56. The van der Waals surface area contributed by atoms with Crippen molar-refractivity contribution in [1.29, 1.82) is 0 Å². The summed E-state index contributed by atoms with van der Waals surface area (Å²) in [5.41, 5.74) is 0.00654. The third kappa shape index (κ3) is 5.63. The third-order valence-electron chi connectivity index (χ3n) is 4.86. The van der Waals surface area contributed by atoms with Crippen molar-refractivity contribution in [3.05, 3.63) is 82.2 Å². The first-order valence-electron chi connectivity index (χ1n) is 10.1. The number of amides is 1. The number of amidine groups is 1. The van der Waals surface area contributed by atoms with Crippen LogP contribution in [0.5, 0.6) is 0 Å². The van der Waals surface area contributed by atoms with Crippen molar-refractivity contribution < 1.29 is 32.6 Å². The van der Waals surface area contributed by atoms with Gasteiger partial charge in [0.05, 0.1) is 5.56 Å². The fourth-order valence-corrected chi connectivity index (χ4v) is 3.22. The first-order valence-corrected chi connectivity index (χ1v) is 10.1. The van der Waals surface area contributed by atoms with Gasteiger partial charge in [-0.15, -0.1) is 0 Å². The summed E-state index contributed by atoms with van der Waals surface area (Å²) in [6.07, 6.45) is -4.88. The normalized spacial score (nSPS) is 16.1. The Kier molecular flexibility index (Phi) is 8.08. The van der Waals surface area contributed by atoms with E-state index in [4.69, 9.17) is 0 Å². The number of hydrogen-bond donors (Lipinski definition) is 3. The van der Waals surface area contributed by atoms with E-state index in [9.17, 15) is 32.6 Å². The smallest absolute Gasteiger partial charge is 0.419 e. The second-order valence-corrected chi connectivity index (χ2v) is 7.00. The van der Waals surface area contributed by atoms with Crippen LogP contribution in [0.2, 0.25) is 0 Å². The van der Waals surface area contributed by atoms with E-state index in [2.05, 4.69) is 10.3 Å². The number of likely N-dealkylation sites (N-methyl/N-ethyl adjacent to an activating group) is 1. The van der Waals surface area contributed by atoms with Crippen molar-refractivity contribution >= 4 is 11.7 Å². The zero-order valence-corrected chi connectivity index (χ0v) is 18.5. The molecule has 0 radical (unpaired) electrons. The number of nitrogens with one attached hydrogen (secondary N) is 1. The monoisotopic (exact) mass is 467 g/mol. The molecule has 1 aliphatic rings. The SMILES string of the molecule is CC.Cc1ccccc1C1=NC(O)=C(O)C(C(=O)NCc2ccc(F)c(C(F)(F)F)c2)N1C. The second kappa shape index (κ2) is 10.4. The van der Waals surface area contributed by atoms with Crippen LogP contribution in [0.3, 0.4) is 0 Å². The van der Waals surface area contributed by atoms with Gasteiger partial charge in [0.1, 0.15) is 11.7 Å². The summed E-state index contributed by atoms with van der Waals surface area (Å²) in [5, 5.41) is 22.7. The summed E-state index contributed by atoms with van der Waals surface area (Å²) in [4.78, 5) is 18.0. The Labute approximate surface area is 188 Å². The number of aliphatic hydroxyl groups is 2. The van der Waals surface area contributed by atoms with Crippen LogP contribution in [-0.4, -0.2) is 39.9 Å². The molecule has 0 bridgehead atoms. The zero-order valence-electron chi connectivity index (χ0n) is 18.5. The van der Waals surface area contributed by atoms with E-state index in [0.717, 1.165) is 11.6 Å². The molecule has 1 amide bonds. The van der Waals surface area contributed by atoms with Gasteiger partial charge in [-0.1, -0.05) is 44.2 Å². The number of alkyl halides is 3. The highest BCUT2D eigenvalue weighted by Gasteiger charge is 2.37. The van der Waals surface area contributed by atoms with Crippen molar-refractivity contribution in [2.75, 3.05) is 7.05 Å². The summed E-state index contributed by atoms with van der Waals surface area (Å²) in [6.45, 7) is 5.46. The van der Waals surface area contributed by atoms with E-state index >= 15 is 0 Å². The lowest BCUT2D eigenvalue weighted by Gasteiger charge is -2.32. The minimum absolute atomic E-state index is 0.0148. The first kappa shape index (κ1) is 25.7. The van der Waals surface area contributed by atoms with Gasteiger partial charge < -0.3 is 20.4 Å². The fraction of sp³-hybridized carbons (Fsp3) is 0.304. The molecule has 3 rings (SSSR count). The number of carbonyl (C=O) groups excluding carboxylic acids is 1. The molecule has 10 heteroatoms. The van der Waals surface area contributed by atoms with Gasteiger partial charge in [0, 0.05) is 19.2 Å². The number of rotatable bonds is 4. The number of carbonyl (C=O) groups is 1. The van der Waals surface area contributed by atoms with Crippen molar-refractivity contribution in [3.8, 4) is 0 Å². The van der Waals surface area contributed by atoms with E-state index < -0.39 is 41.1 Å².